The van der Waals surface area contributed by atoms with Crippen LogP contribution in [0, 0.1) is 0 Å². The molecule has 0 spiro atoms. The second-order valence-corrected chi connectivity index (χ2v) is 21.1. The summed E-state index contributed by atoms with van der Waals surface area (Å²) >= 11 is 3.97. The molecule has 20 nitrogen and oxygen atoms in total. The van der Waals surface area contributed by atoms with Crippen LogP contribution in [0.4, 0.5) is 0 Å². The third-order valence-corrected chi connectivity index (χ3v) is 15.3. The van der Waals surface area contributed by atoms with E-state index in [0.717, 1.165) is 64.9 Å². The highest BCUT2D eigenvalue weighted by Gasteiger charge is 2.13. The lowest BCUT2D eigenvalue weighted by Crippen LogP contribution is -2.24. The van der Waals surface area contributed by atoms with Gasteiger partial charge in [-0.2, -0.15) is 0 Å². The lowest BCUT2D eigenvalue weighted by molar-refractivity contribution is -0.137. The first kappa shape index (κ1) is 58.2. The number of benzene rings is 3. The fourth-order valence-corrected chi connectivity index (χ4v) is 10.9. The number of amides is 3. The number of aliphatic carboxylic acids is 1. The largest absolute Gasteiger partial charge is 0.481 e. The standard InChI is InChI=1S/C21H24N4O4S.C21H23N3O4S.C14H10N2O3S/c26-18(24-29)7-3-1-2-4-12-22-19(27)16-10-8-15(9-11-16)14-25-21(28)17-6-5-13-23-20(17)30-25;25-18(26)7-3-1-2-4-12-22-19(27)16-10-8-15(9-11-16)14-24-21(28)17-6-5-13-23-20(17)29-24;17-13-11-2-1-7-15-12(11)20-16(13)8-9-3-5-10(6-4-9)14(18)19/h5-6,8-11,13,29H,1-4,7,12,14H2,(H,22,27)(H,24,26);5-6,8-11,13H,1-4,7,12,14H2,(H,22,27)(H,25,26);1-7H,8H2,(H,18,19). The Balaban J connectivity index is 0.000000175. The van der Waals surface area contributed by atoms with Gasteiger partial charge in [-0.3, -0.25) is 50.6 Å². The highest BCUT2D eigenvalue weighted by Crippen LogP contribution is 2.18. The van der Waals surface area contributed by atoms with E-state index in [0.29, 0.717) is 84.1 Å². The third kappa shape index (κ3) is 17.0. The number of hydrogen-bond acceptors (Lipinski definition) is 15. The highest BCUT2D eigenvalue weighted by atomic mass is 32.1. The van der Waals surface area contributed by atoms with Gasteiger partial charge in [0.2, 0.25) is 5.91 Å². The van der Waals surface area contributed by atoms with Crippen LogP contribution in [-0.2, 0) is 29.2 Å². The molecule has 0 aliphatic carbocycles. The SMILES string of the molecule is O=C(CCCCCCNC(=O)c1ccc(Cn2sc3ncccc3c2=O)cc1)NO.O=C(O)CCCCCCNC(=O)c1ccc(Cn2sc3ncccc3c2=O)cc1.O=C(O)c1ccc(Cn2sc3ncccc3c2=O)cc1. The number of unbranched alkanes of at least 4 members (excludes halogenated alkanes) is 6. The minimum atomic E-state index is -0.959. The number of carboxylic acids is 2. The summed E-state index contributed by atoms with van der Waals surface area (Å²) in [6.45, 7) is 2.43. The highest BCUT2D eigenvalue weighted by molar-refractivity contribution is 7.14. The zero-order chi connectivity index (χ0) is 56.1. The van der Waals surface area contributed by atoms with Crippen molar-refractivity contribution in [3.05, 3.63) is 192 Å². The monoisotopic (exact) mass is 1130 g/mol. The molecule has 79 heavy (non-hydrogen) atoms. The molecule has 3 aromatic carbocycles. The van der Waals surface area contributed by atoms with E-state index in [1.54, 1.807) is 109 Å². The van der Waals surface area contributed by atoms with Crippen LogP contribution in [0.2, 0.25) is 0 Å². The van der Waals surface area contributed by atoms with Gasteiger partial charge in [0.25, 0.3) is 28.5 Å². The number of rotatable bonds is 23. The number of nitrogens with one attached hydrogen (secondary N) is 3. The average Bonchev–Trinajstić information content (AvgIpc) is 4.18. The Labute approximate surface area is 464 Å². The molecule has 23 heteroatoms. The van der Waals surface area contributed by atoms with Gasteiger partial charge in [-0.05, 0) is 150 Å². The Kier molecular flexibility index (Phi) is 21.6. The van der Waals surface area contributed by atoms with E-state index in [9.17, 15) is 38.4 Å². The normalized spacial score (nSPS) is 10.8. The maximum Gasteiger partial charge on any atom is 0.335 e. The minimum Gasteiger partial charge on any atom is -0.481 e. The average molecular weight is 1130 g/mol. The summed E-state index contributed by atoms with van der Waals surface area (Å²) in [7, 11) is 0. The van der Waals surface area contributed by atoms with Crippen LogP contribution < -0.4 is 32.8 Å². The summed E-state index contributed by atoms with van der Waals surface area (Å²) in [5, 5.41) is 33.5. The fraction of sp³-hybridized carbons (Fsp3) is 0.268. The van der Waals surface area contributed by atoms with E-state index >= 15 is 0 Å². The number of fused-ring (bicyclic) bond motifs is 3. The number of hydrogen-bond donors (Lipinski definition) is 6. The van der Waals surface area contributed by atoms with Gasteiger partial charge in [-0.25, -0.2) is 25.2 Å². The molecule has 6 N–H and O–H groups in total. The summed E-state index contributed by atoms with van der Waals surface area (Å²) in [5.74, 6) is -2.37. The maximum atomic E-state index is 12.4. The van der Waals surface area contributed by atoms with Gasteiger partial charge < -0.3 is 20.8 Å². The molecule has 9 rings (SSSR count). The van der Waals surface area contributed by atoms with Gasteiger partial charge in [0, 0.05) is 55.6 Å². The first-order chi connectivity index (χ1) is 38.3. The summed E-state index contributed by atoms with van der Waals surface area (Å²) < 4.78 is 4.95. The van der Waals surface area contributed by atoms with Crippen molar-refractivity contribution < 1.29 is 39.4 Å². The van der Waals surface area contributed by atoms with E-state index in [-0.39, 0.29) is 46.4 Å². The topological polar surface area (TPSA) is 287 Å². The zero-order valence-electron chi connectivity index (χ0n) is 42.7. The molecule has 0 unspecified atom stereocenters. The van der Waals surface area contributed by atoms with Gasteiger partial charge >= 0.3 is 11.9 Å². The van der Waals surface area contributed by atoms with Crippen LogP contribution in [0.1, 0.15) is 112 Å². The van der Waals surface area contributed by atoms with Gasteiger partial charge in [0.1, 0.15) is 14.5 Å². The fourth-order valence-electron chi connectivity index (χ4n) is 7.99. The van der Waals surface area contributed by atoms with E-state index in [1.807, 2.05) is 24.3 Å². The van der Waals surface area contributed by atoms with Crippen LogP contribution >= 0.6 is 34.6 Å². The summed E-state index contributed by atoms with van der Waals surface area (Å²) in [6, 6.07) is 31.5. The number of aromatic carboxylic acids is 1. The molecule has 0 aliphatic heterocycles. The predicted octanol–water partition coefficient (Wildman–Crippen LogP) is 8.17. The van der Waals surface area contributed by atoms with Crippen molar-refractivity contribution in [1.29, 1.82) is 0 Å². The molecule has 6 aromatic heterocycles. The van der Waals surface area contributed by atoms with Crippen LogP contribution in [0.5, 0.6) is 0 Å². The first-order valence-corrected chi connectivity index (χ1v) is 27.7. The van der Waals surface area contributed by atoms with Crippen LogP contribution in [-0.4, -0.2) is 85.0 Å². The van der Waals surface area contributed by atoms with Crippen molar-refractivity contribution >= 4 is 94.9 Å². The van der Waals surface area contributed by atoms with E-state index in [2.05, 4.69) is 25.6 Å². The van der Waals surface area contributed by atoms with E-state index in [4.69, 9.17) is 15.4 Å². The number of nitrogens with zero attached hydrogens (tertiary/aromatic N) is 6. The molecule has 9 aromatic rings. The van der Waals surface area contributed by atoms with Crippen molar-refractivity contribution in [2.45, 2.75) is 83.8 Å². The Hall–Kier alpha value is -8.51. The Bertz CT molecular complexity index is 3700. The molecule has 0 radical (unpaired) electrons. The van der Waals surface area contributed by atoms with Gasteiger partial charge in [0.05, 0.1) is 41.4 Å². The van der Waals surface area contributed by atoms with Crippen molar-refractivity contribution in [1.82, 2.24) is 42.9 Å². The van der Waals surface area contributed by atoms with Gasteiger partial charge in [-0.15, -0.1) is 0 Å². The summed E-state index contributed by atoms with van der Waals surface area (Å²) in [6.07, 6.45) is 12.0. The van der Waals surface area contributed by atoms with Crippen LogP contribution in [0.25, 0.3) is 30.6 Å². The second-order valence-electron chi connectivity index (χ2n) is 18.0. The molecular formula is C56H57N9O11S3. The number of carbonyl (C=O) groups is 5. The van der Waals surface area contributed by atoms with Crippen molar-refractivity contribution in [3.63, 3.8) is 0 Å². The summed E-state index contributed by atoms with van der Waals surface area (Å²) in [5.41, 5.74) is 5.57. The predicted molar refractivity (Wildman–Crippen MR) is 304 cm³/mol. The maximum absolute atomic E-state index is 12.4. The smallest absolute Gasteiger partial charge is 0.335 e. The van der Waals surface area contributed by atoms with E-state index in [1.165, 1.54) is 46.7 Å². The molecular weight excluding hydrogens is 1070 g/mol. The van der Waals surface area contributed by atoms with Crippen LogP contribution in [0.15, 0.2) is 142 Å². The minimum absolute atomic E-state index is 0.0525. The molecule has 0 saturated carbocycles. The molecule has 3 amide bonds. The molecule has 0 saturated heterocycles. The number of carboxylic acid groups (broad SMARTS) is 2. The molecule has 0 fully saturated rings. The van der Waals surface area contributed by atoms with Crippen LogP contribution in [0.3, 0.4) is 0 Å². The second kappa shape index (κ2) is 29.3. The zero-order valence-corrected chi connectivity index (χ0v) is 45.2. The third-order valence-electron chi connectivity index (χ3n) is 12.2. The number of aromatic nitrogens is 6. The Morgan fingerprint density at radius 1 is 0.443 bits per heavy atom. The Morgan fingerprint density at radius 2 is 0.785 bits per heavy atom. The quantitative estimate of drug-likeness (QED) is 0.0200. The number of pyridine rings is 3. The van der Waals surface area contributed by atoms with Gasteiger partial charge in [0.15, 0.2) is 0 Å². The number of hydroxylamine groups is 1. The Morgan fingerprint density at radius 3 is 1.11 bits per heavy atom. The lowest BCUT2D eigenvalue weighted by atomic mass is 10.1. The van der Waals surface area contributed by atoms with E-state index < -0.39 is 11.9 Å². The van der Waals surface area contributed by atoms with Crippen molar-refractivity contribution in [2.24, 2.45) is 0 Å². The van der Waals surface area contributed by atoms with Crippen molar-refractivity contribution in [2.75, 3.05) is 13.1 Å². The molecule has 0 atom stereocenters. The lowest BCUT2D eigenvalue weighted by Gasteiger charge is -2.07. The number of carbonyl (C=O) groups excluding carboxylic acids is 3. The molecule has 6 heterocycles. The summed E-state index contributed by atoms with van der Waals surface area (Å²) in [4.78, 5) is 108. The molecule has 0 aliphatic rings. The molecule has 410 valence electrons. The van der Waals surface area contributed by atoms with Gasteiger partial charge in [-0.1, -0.05) is 62.1 Å². The van der Waals surface area contributed by atoms with Crippen molar-refractivity contribution in [3.8, 4) is 0 Å². The molecule has 0 bridgehead atoms. The first-order valence-electron chi connectivity index (χ1n) is 25.3.